The minimum absolute atomic E-state index is 0.0330. The van der Waals surface area contributed by atoms with E-state index in [1.165, 1.54) is 27.8 Å². The number of thiophene rings is 1. The van der Waals surface area contributed by atoms with Crippen LogP contribution in [0.4, 0.5) is 10.7 Å². The van der Waals surface area contributed by atoms with E-state index in [1.807, 2.05) is 29.2 Å². The predicted octanol–water partition coefficient (Wildman–Crippen LogP) is 5.39. The molecular formula is C31H38N4O4S2. The number of fused-ring (bicyclic) bond motifs is 2. The minimum Gasteiger partial charge on any atom is -0.339 e. The Hall–Kier alpha value is -3.21. The van der Waals surface area contributed by atoms with E-state index in [0.29, 0.717) is 41.4 Å². The average Bonchev–Trinajstić information content (AvgIpc) is 3.32. The molecule has 0 bridgehead atoms. The first-order valence-corrected chi connectivity index (χ1v) is 16.6. The van der Waals surface area contributed by atoms with Crippen molar-refractivity contribution in [3.8, 4) is 0 Å². The molecule has 218 valence electrons. The van der Waals surface area contributed by atoms with E-state index in [9.17, 15) is 18.0 Å². The van der Waals surface area contributed by atoms with Crippen molar-refractivity contribution >= 4 is 43.9 Å². The Morgan fingerprint density at radius 1 is 0.976 bits per heavy atom. The van der Waals surface area contributed by atoms with Crippen molar-refractivity contribution in [1.82, 2.24) is 9.80 Å². The van der Waals surface area contributed by atoms with Gasteiger partial charge in [0.15, 0.2) is 0 Å². The molecule has 10 heteroatoms. The maximum Gasteiger partial charge on any atom is 0.264 e. The van der Waals surface area contributed by atoms with Gasteiger partial charge in [-0.1, -0.05) is 32.0 Å². The Morgan fingerprint density at radius 2 is 1.68 bits per heavy atom. The lowest BCUT2D eigenvalue weighted by atomic mass is 10.0. The van der Waals surface area contributed by atoms with Gasteiger partial charge in [0.1, 0.15) is 5.00 Å². The van der Waals surface area contributed by atoms with E-state index in [2.05, 4.69) is 31.1 Å². The van der Waals surface area contributed by atoms with Gasteiger partial charge in [-0.15, -0.1) is 11.3 Å². The molecule has 0 unspecified atom stereocenters. The van der Waals surface area contributed by atoms with Crippen molar-refractivity contribution < 1.29 is 18.0 Å². The Balaban J connectivity index is 1.40. The molecule has 41 heavy (non-hydrogen) atoms. The maximum absolute atomic E-state index is 13.8. The Kier molecular flexibility index (Phi) is 8.82. The normalized spacial score (nSPS) is 15.2. The Morgan fingerprint density at radius 3 is 2.39 bits per heavy atom. The van der Waals surface area contributed by atoms with E-state index in [-0.39, 0.29) is 16.7 Å². The van der Waals surface area contributed by atoms with Gasteiger partial charge in [-0.2, -0.15) is 0 Å². The summed E-state index contributed by atoms with van der Waals surface area (Å²) in [6.07, 6.45) is 4.09. The lowest BCUT2D eigenvalue weighted by Crippen LogP contribution is -2.35. The van der Waals surface area contributed by atoms with Crippen LogP contribution in [0.2, 0.25) is 0 Å². The summed E-state index contributed by atoms with van der Waals surface area (Å²) in [7, 11) is -1.72. The van der Waals surface area contributed by atoms with Crippen LogP contribution in [0.5, 0.6) is 0 Å². The highest BCUT2D eigenvalue weighted by molar-refractivity contribution is 7.92. The lowest BCUT2D eigenvalue weighted by molar-refractivity contribution is 0.0755. The summed E-state index contributed by atoms with van der Waals surface area (Å²) >= 11 is 1.47. The lowest BCUT2D eigenvalue weighted by Gasteiger charge is -2.30. The quantitative estimate of drug-likeness (QED) is 0.359. The summed E-state index contributed by atoms with van der Waals surface area (Å²) in [4.78, 5) is 32.5. The number of benzene rings is 2. The zero-order valence-electron chi connectivity index (χ0n) is 24.0. The van der Waals surface area contributed by atoms with E-state index in [0.717, 1.165) is 61.2 Å². The summed E-state index contributed by atoms with van der Waals surface area (Å²) in [5, 5.41) is 3.58. The van der Waals surface area contributed by atoms with Gasteiger partial charge >= 0.3 is 0 Å². The van der Waals surface area contributed by atoms with Crippen LogP contribution in [0, 0.1) is 0 Å². The van der Waals surface area contributed by atoms with E-state index < -0.39 is 10.0 Å². The molecule has 1 aromatic heterocycles. The maximum atomic E-state index is 13.8. The van der Waals surface area contributed by atoms with Gasteiger partial charge in [0.2, 0.25) is 0 Å². The average molecular weight is 595 g/mol. The van der Waals surface area contributed by atoms with Crippen LogP contribution in [-0.4, -0.2) is 63.3 Å². The number of hydrogen-bond donors (Lipinski definition) is 1. The summed E-state index contributed by atoms with van der Waals surface area (Å²) in [6.45, 7) is 7.48. The number of likely N-dealkylation sites (N-methyl/N-ethyl adjacent to an activating group) is 1. The summed E-state index contributed by atoms with van der Waals surface area (Å²) in [5.74, 6) is -0.398. The summed E-state index contributed by atoms with van der Waals surface area (Å²) in [6, 6.07) is 13.7. The van der Waals surface area contributed by atoms with Crippen molar-refractivity contribution in [2.24, 2.45) is 0 Å². The van der Waals surface area contributed by atoms with Crippen LogP contribution in [0.15, 0.2) is 53.4 Å². The first-order chi connectivity index (χ1) is 19.7. The van der Waals surface area contributed by atoms with Crippen molar-refractivity contribution in [2.75, 3.05) is 42.8 Å². The van der Waals surface area contributed by atoms with Crippen LogP contribution >= 0.6 is 11.3 Å². The molecule has 5 rings (SSSR count). The topological polar surface area (TPSA) is 90.0 Å². The number of rotatable bonds is 9. The third kappa shape index (κ3) is 5.91. The summed E-state index contributed by atoms with van der Waals surface area (Å²) < 4.78 is 28.5. The van der Waals surface area contributed by atoms with Gasteiger partial charge in [-0.25, -0.2) is 8.42 Å². The van der Waals surface area contributed by atoms with Crippen molar-refractivity contribution in [1.29, 1.82) is 0 Å². The molecule has 0 radical (unpaired) electrons. The minimum atomic E-state index is -3.77. The molecule has 3 heterocycles. The van der Waals surface area contributed by atoms with Crippen LogP contribution in [0.25, 0.3) is 0 Å². The van der Waals surface area contributed by atoms with Crippen molar-refractivity contribution in [2.45, 2.75) is 57.4 Å². The Bertz CT molecular complexity index is 1530. The number of para-hydroxylation sites is 1. The van der Waals surface area contributed by atoms with Crippen molar-refractivity contribution in [3.05, 3.63) is 75.7 Å². The number of aryl methyl sites for hydroxylation is 1. The number of anilines is 2. The number of amides is 2. The smallest absolute Gasteiger partial charge is 0.264 e. The first kappa shape index (κ1) is 29.3. The molecule has 2 amide bonds. The molecule has 1 N–H and O–H groups in total. The van der Waals surface area contributed by atoms with E-state index in [4.69, 9.17) is 0 Å². The van der Waals surface area contributed by atoms with Crippen LogP contribution < -0.4 is 9.62 Å². The van der Waals surface area contributed by atoms with Gasteiger partial charge in [0, 0.05) is 43.2 Å². The Labute approximate surface area is 247 Å². The van der Waals surface area contributed by atoms with E-state index in [1.54, 1.807) is 12.1 Å². The fourth-order valence-electron chi connectivity index (χ4n) is 5.69. The van der Waals surface area contributed by atoms with Crippen LogP contribution in [-0.2, 0) is 29.4 Å². The third-order valence-electron chi connectivity index (χ3n) is 7.74. The fourth-order valence-corrected chi connectivity index (χ4v) is 8.54. The van der Waals surface area contributed by atoms with Crippen LogP contribution in [0.3, 0.4) is 0 Å². The monoisotopic (exact) mass is 594 g/mol. The molecule has 0 spiro atoms. The number of nitrogens with zero attached hydrogens (tertiary/aromatic N) is 3. The highest BCUT2D eigenvalue weighted by atomic mass is 32.2. The first-order valence-electron chi connectivity index (χ1n) is 14.4. The molecule has 0 atom stereocenters. The van der Waals surface area contributed by atoms with Gasteiger partial charge in [-0.3, -0.25) is 13.9 Å². The molecule has 3 aromatic rings. The third-order valence-corrected chi connectivity index (χ3v) is 10.7. The number of hydrogen-bond acceptors (Lipinski definition) is 6. The highest BCUT2D eigenvalue weighted by Gasteiger charge is 2.31. The standard InChI is InChI=1S/C31H38N4O4S2/c1-4-17-34(18-5-2)31(37)28-25-16-20-33(3)21-27(25)40-30(28)32-29(36)23-12-14-24(15-13-23)41(38,39)35-19-8-10-22-9-6-7-11-26(22)35/h6-7,9,11-15H,4-5,8,10,16-21H2,1-3H3,(H,32,36). The second-order valence-electron chi connectivity index (χ2n) is 10.8. The number of carbonyl (C=O) groups excluding carboxylic acids is 2. The number of nitrogens with one attached hydrogen (secondary N) is 1. The molecule has 2 aromatic carbocycles. The molecule has 0 fully saturated rings. The number of sulfonamides is 1. The zero-order chi connectivity index (χ0) is 29.1. The van der Waals surface area contributed by atoms with E-state index >= 15 is 0 Å². The molecule has 0 aliphatic carbocycles. The van der Waals surface area contributed by atoms with Crippen LogP contribution in [0.1, 0.15) is 69.8 Å². The second-order valence-corrected chi connectivity index (χ2v) is 13.7. The zero-order valence-corrected chi connectivity index (χ0v) is 25.6. The molecule has 2 aliphatic heterocycles. The van der Waals surface area contributed by atoms with Crippen molar-refractivity contribution in [3.63, 3.8) is 0 Å². The predicted molar refractivity (Wildman–Crippen MR) is 165 cm³/mol. The highest BCUT2D eigenvalue weighted by Crippen LogP contribution is 2.38. The largest absolute Gasteiger partial charge is 0.339 e. The fraction of sp³-hybridized carbons (Fsp3) is 0.419. The number of carbonyl (C=O) groups is 2. The molecule has 0 saturated heterocycles. The van der Waals surface area contributed by atoms with Gasteiger partial charge in [-0.05, 0) is 80.6 Å². The molecular weight excluding hydrogens is 556 g/mol. The SMILES string of the molecule is CCCN(CCC)C(=O)c1c(NC(=O)c2ccc(S(=O)(=O)N3CCCc4ccccc43)cc2)sc2c1CCN(C)C2. The summed E-state index contributed by atoms with van der Waals surface area (Å²) in [5.41, 5.74) is 3.71. The second kappa shape index (κ2) is 12.3. The molecule has 2 aliphatic rings. The van der Waals surface area contributed by atoms with Gasteiger partial charge < -0.3 is 15.1 Å². The molecule has 8 nitrogen and oxygen atoms in total. The van der Waals surface area contributed by atoms with Gasteiger partial charge in [0.25, 0.3) is 21.8 Å². The molecule has 0 saturated carbocycles. The van der Waals surface area contributed by atoms with Gasteiger partial charge in [0.05, 0.1) is 16.1 Å².